The quantitative estimate of drug-likeness (QED) is 0.837. The van der Waals surface area contributed by atoms with Gasteiger partial charge < -0.3 is 5.32 Å². The third-order valence-corrected chi connectivity index (χ3v) is 4.47. The zero-order valence-corrected chi connectivity index (χ0v) is 11.6. The van der Waals surface area contributed by atoms with Crippen LogP contribution in [0.3, 0.4) is 0 Å². The predicted octanol–water partition coefficient (Wildman–Crippen LogP) is 3.62. The lowest BCUT2D eigenvalue weighted by Gasteiger charge is -2.34. The maximum Gasteiger partial charge on any atom is 0.0245 e. The molecule has 0 saturated carbocycles. The van der Waals surface area contributed by atoms with Gasteiger partial charge in [-0.15, -0.1) is 0 Å². The minimum Gasteiger partial charge on any atom is -0.311 e. The van der Waals surface area contributed by atoms with E-state index in [0.717, 1.165) is 0 Å². The molecule has 17 heavy (non-hydrogen) atoms. The Morgan fingerprint density at radius 2 is 2.00 bits per heavy atom. The Kier molecular flexibility index (Phi) is 3.58. The van der Waals surface area contributed by atoms with Crippen LogP contribution in [0, 0.1) is 19.8 Å². The maximum atomic E-state index is 3.75. The number of rotatable bonds is 3. The van der Waals surface area contributed by atoms with Gasteiger partial charge in [0.2, 0.25) is 0 Å². The summed E-state index contributed by atoms with van der Waals surface area (Å²) >= 11 is 0. The summed E-state index contributed by atoms with van der Waals surface area (Å²) in [6.07, 6.45) is 3.81. The third-order valence-electron chi connectivity index (χ3n) is 4.47. The van der Waals surface area contributed by atoms with Crippen molar-refractivity contribution in [1.82, 2.24) is 5.32 Å². The summed E-state index contributed by atoms with van der Waals surface area (Å²) in [5, 5.41) is 3.75. The van der Waals surface area contributed by atoms with Crippen LogP contribution >= 0.6 is 0 Å². The van der Waals surface area contributed by atoms with Gasteiger partial charge in [0.1, 0.15) is 0 Å². The Morgan fingerprint density at radius 1 is 1.24 bits per heavy atom. The number of hydrogen-bond acceptors (Lipinski definition) is 1. The molecule has 1 fully saturated rings. The summed E-state index contributed by atoms with van der Waals surface area (Å²) in [7, 11) is 0. The van der Waals surface area contributed by atoms with Crippen LogP contribution in [0.25, 0.3) is 0 Å². The lowest BCUT2D eigenvalue weighted by molar-refractivity contribution is 0.269. The van der Waals surface area contributed by atoms with E-state index >= 15 is 0 Å². The number of hydrogen-bond donors (Lipinski definition) is 1. The Labute approximate surface area is 106 Å². The molecule has 0 aliphatic carbocycles. The van der Waals surface area contributed by atoms with Gasteiger partial charge in [0, 0.05) is 5.54 Å². The van der Waals surface area contributed by atoms with Crippen molar-refractivity contribution < 1.29 is 0 Å². The Hall–Kier alpha value is -0.820. The lowest BCUT2D eigenvalue weighted by atomic mass is 9.79. The van der Waals surface area contributed by atoms with Crippen LogP contribution in [-0.4, -0.2) is 12.1 Å². The summed E-state index contributed by atoms with van der Waals surface area (Å²) in [5.74, 6) is 0.701. The molecule has 0 bridgehead atoms. The van der Waals surface area contributed by atoms with E-state index in [1.165, 1.54) is 42.5 Å². The molecule has 0 aromatic heterocycles. The molecule has 1 N–H and O–H groups in total. The van der Waals surface area contributed by atoms with Gasteiger partial charge in [-0.05, 0) is 62.3 Å². The second-order valence-corrected chi connectivity index (χ2v) is 5.94. The van der Waals surface area contributed by atoms with E-state index in [4.69, 9.17) is 0 Å². The fourth-order valence-corrected chi connectivity index (χ4v) is 2.96. The molecule has 1 nitrogen and oxygen atoms in total. The van der Waals surface area contributed by atoms with Gasteiger partial charge in [0.05, 0.1) is 0 Å². The summed E-state index contributed by atoms with van der Waals surface area (Å²) < 4.78 is 0. The molecule has 1 aromatic carbocycles. The molecule has 0 amide bonds. The molecule has 1 unspecified atom stereocenters. The zero-order valence-electron chi connectivity index (χ0n) is 11.6. The molecule has 0 spiro atoms. The Morgan fingerprint density at radius 3 is 2.53 bits per heavy atom. The van der Waals surface area contributed by atoms with E-state index in [2.05, 4.69) is 51.2 Å². The standard InChI is InChI=1S/C16H25N/c1-12(2)16(8-5-9-17-16)11-15-7-6-13(3)14(4)10-15/h6-7,10,12,17H,5,8-9,11H2,1-4H3. The first kappa shape index (κ1) is 12.6. The molecular formula is C16H25N. The smallest absolute Gasteiger partial charge is 0.0245 e. The van der Waals surface area contributed by atoms with Crippen LogP contribution < -0.4 is 5.32 Å². The Bertz CT molecular complexity index is 387. The van der Waals surface area contributed by atoms with Gasteiger partial charge in [-0.25, -0.2) is 0 Å². The largest absolute Gasteiger partial charge is 0.311 e. The normalized spacial score (nSPS) is 24.5. The second kappa shape index (κ2) is 4.81. The maximum absolute atomic E-state index is 3.75. The van der Waals surface area contributed by atoms with Crippen molar-refractivity contribution in [2.45, 2.75) is 52.5 Å². The highest BCUT2D eigenvalue weighted by Gasteiger charge is 2.36. The topological polar surface area (TPSA) is 12.0 Å². The first-order valence-electron chi connectivity index (χ1n) is 6.85. The van der Waals surface area contributed by atoms with Gasteiger partial charge in [-0.2, -0.15) is 0 Å². The van der Waals surface area contributed by atoms with Crippen LogP contribution in [0.4, 0.5) is 0 Å². The van der Waals surface area contributed by atoms with E-state index in [0.29, 0.717) is 11.5 Å². The Balaban J connectivity index is 2.20. The van der Waals surface area contributed by atoms with Crippen molar-refractivity contribution in [3.63, 3.8) is 0 Å². The van der Waals surface area contributed by atoms with Crippen molar-refractivity contribution >= 4 is 0 Å². The van der Waals surface area contributed by atoms with Crippen molar-refractivity contribution in [2.75, 3.05) is 6.54 Å². The van der Waals surface area contributed by atoms with E-state index in [1.54, 1.807) is 0 Å². The SMILES string of the molecule is Cc1ccc(CC2(C(C)C)CCCN2)cc1C. The fraction of sp³-hybridized carbons (Fsp3) is 0.625. The molecular weight excluding hydrogens is 206 g/mol. The molecule has 1 aromatic rings. The van der Waals surface area contributed by atoms with Crippen molar-refractivity contribution in [3.8, 4) is 0 Å². The minimum absolute atomic E-state index is 0.335. The number of benzene rings is 1. The summed E-state index contributed by atoms with van der Waals surface area (Å²) in [6.45, 7) is 10.3. The van der Waals surface area contributed by atoms with E-state index in [9.17, 15) is 0 Å². The second-order valence-electron chi connectivity index (χ2n) is 5.94. The lowest BCUT2D eigenvalue weighted by Crippen LogP contribution is -2.46. The van der Waals surface area contributed by atoms with Gasteiger partial charge in [0.15, 0.2) is 0 Å². The number of nitrogens with one attached hydrogen (secondary N) is 1. The van der Waals surface area contributed by atoms with Crippen LogP contribution in [0.1, 0.15) is 43.4 Å². The summed E-state index contributed by atoms with van der Waals surface area (Å²) in [5.41, 5.74) is 4.63. The van der Waals surface area contributed by atoms with Gasteiger partial charge in [-0.3, -0.25) is 0 Å². The van der Waals surface area contributed by atoms with Crippen LogP contribution in [0.5, 0.6) is 0 Å². The van der Waals surface area contributed by atoms with Crippen LogP contribution in [-0.2, 0) is 6.42 Å². The molecule has 1 heterocycles. The van der Waals surface area contributed by atoms with Crippen LogP contribution in [0.15, 0.2) is 18.2 Å². The average molecular weight is 231 g/mol. The van der Waals surface area contributed by atoms with E-state index in [1.807, 2.05) is 0 Å². The highest BCUT2D eigenvalue weighted by Crippen LogP contribution is 2.31. The first-order valence-corrected chi connectivity index (χ1v) is 6.85. The molecule has 1 aliphatic heterocycles. The first-order chi connectivity index (χ1) is 8.03. The summed E-state index contributed by atoms with van der Waals surface area (Å²) in [6, 6.07) is 6.92. The van der Waals surface area contributed by atoms with Crippen molar-refractivity contribution in [2.24, 2.45) is 5.92 Å². The molecule has 0 radical (unpaired) electrons. The van der Waals surface area contributed by atoms with Crippen molar-refractivity contribution in [1.29, 1.82) is 0 Å². The molecule has 1 heteroatoms. The highest BCUT2D eigenvalue weighted by molar-refractivity contribution is 5.31. The van der Waals surface area contributed by atoms with Gasteiger partial charge in [-0.1, -0.05) is 32.0 Å². The minimum atomic E-state index is 0.335. The zero-order chi connectivity index (χ0) is 12.5. The third kappa shape index (κ3) is 2.55. The average Bonchev–Trinajstić information content (AvgIpc) is 2.73. The van der Waals surface area contributed by atoms with E-state index < -0.39 is 0 Å². The monoisotopic (exact) mass is 231 g/mol. The van der Waals surface area contributed by atoms with Gasteiger partial charge in [0.25, 0.3) is 0 Å². The highest BCUT2D eigenvalue weighted by atomic mass is 15.0. The predicted molar refractivity (Wildman–Crippen MR) is 74.4 cm³/mol. The van der Waals surface area contributed by atoms with Crippen LogP contribution in [0.2, 0.25) is 0 Å². The molecule has 2 rings (SSSR count). The fourth-order valence-electron chi connectivity index (χ4n) is 2.96. The summed E-state index contributed by atoms with van der Waals surface area (Å²) in [4.78, 5) is 0. The van der Waals surface area contributed by atoms with E-state index in [-0.39, 0.29) is 0 Å². The number of aryl methyl sites for hydroxylation is 2. The van der Waals surface area contributed by atoms with Crippen molar-refractivity contribution in [3.05, 3.63) is 34.9 Å². The molecule has 1 saturated heterocycles. The van der Waals surface area contributed by atoms with Gasteiger partial charge >= 0.3 is 0 Å². The molecule has 1 atom stereocenters. The molecule has 94 valence electrons. The molecule has 1 aliphatic rings.